The summed E-state index contributed by atoms with van der Waals surface area (Å²) in [5.74, 6) is 0. The number of rotatable bonds is 1. The van der Waals surface area contributed by atoms with Crippen LogP contribution in [0.1, 0.15) is 45.4 Å². The average Bonchev–Trinajstić information content (AvgIpc) is 2.97. The van der Waals surface area contributed by atoms with Gasteiger partial charge in [-0.15, -0.1) is 0 Å². The summed E-state index contributed by atoms with van der Waals surface area (Å²) in [6.07, 6.45) is 7.06. The van der Waals surface area contributed by atoms with E-state index in [1.165, 1.54) is 38.6 Å². The molecule has 2 heteroatoms. The van der Waals surface area contributed by atoms with E-state index < -0.39 is 6.17 Å². The largest absolute Gasteiger partial charge is 0.296 e. The summed E-state index contributed by atoms with van der Waals surface area (Å²) in [5, 5.41) is 0. The second-order valence-electron chi connectivity index (χ2n) is 6.82. The van der Waals surface area contributed by atoms with Gasteiger partial charge in [-0.1, -0.05) is 6.92 Å². The normalized spacial score (nSPS) is 55.2. The Morgan fingerprint density at radius 2 is 2.00 bits per heavy atom. The molecule has 15 heavy (non-hydrogen) atoms. The van der Waals surface area contributed by atoms with Crippen LogP contribution in [-0.4, -0.2) is 29.7 Å². The minimum absolute atomic E-state index is 0.118. The second-order valence-corrected chi connectivity index (χ2v) is 6.82. The Morgan fingerprint density at radius 1 is 1.27 bits per heavy atom. The third-order valence-corrected chi connectivity index (χ3v) is 5.79. The second kappa shape index (κ2) is 2.27. The molecule has 3 unspecified atom stereocenters. The van der Waals surface area contributed by atoms with Crippen molar-refractivity contribution in [2.45, 2.75) is 57.2 Å². The van der Waals surface area contributed by atoms with Crippen LogP contribution >= 0.6 is 0 Å². The predicted octanol–water partition coefficient (Wildman–Crippen LogP) is 2.75. The van der Waals surface area contributed by atoms with Crippen molar-refractivity contribution in [3.63, 3.8) is 0 Å². The van der Waals surface area contributed by atoms with Crippen LogP contribution in [0.3, 0.4) is 0 Å². The van der Waals surface area contributed by atoms with Crippen molar-refractivity contribution in [2.24, 2.45) is 10.8 Å². The molecule has 2 aliphatic heterocycles. The van der Waals surface area contributed by atoms with Gasteiger partial charge in [-0.05, 0) is 43.9 Å². The van der Waals surface area contributed by atoms with Crippen LogP contribution < -0.4 is 0 Å². The minimum atomic E-state index is -0.471. The summed E-state index contributed by atoms with van der Waals surface area (Å²) in [6, 6.07) is 0. The van der Waals surface area contributed by atoms with Crippen LogP contribution in [0, 0.1) is 10.8 Å². The first-order chi connectivity index (χ1) is 7.12. The number of hydrogen-bond donors (Lipinski definition) is 0. The molecule has 0 N–H and O–H groups in total. The van der Waals surface area contributed by atoms with E-state index in [9.17, 15) is 4.39 Å². The van der Waals surface area contributed by atoms with Gasteiger partial charge in [0, 0.05) is 24.0 Å². The molecule has 1 nitrogen and oxygen atoms in total. The zero-order valence-electron chi connectivity index (χ0n) is 9.56. The van der Waals surface area contributed by atoms with Gasteiger partial charge in [0.15, 0.2) is 0 Å². The molecule has 2 heterocycles. The first-order valence-electron chi connectivity index (χ1n) is 6.51. The van der Waals surface area contributed by atoms with Gasteiger partial charge in [0.2, 0.25) is 0 Å². The van der Waals surface area contributed by atoms with E-state index in [0.717, 1.165) is 13.0 Å². The highest BCUT2D eigenvalue weighted by Crippen LogP contribution is 2.69. The molecule has 0 radical (unpaired) electrons. The van der Waals surface area contributed by atoms with Crippen molar-refractivity contribution >= 4 is 0 Å². The van der Waals surface area contributed by atoms with E-state index >= 15 is 0 Å². The fraction of sp³-hybridized carbons (Fsp3) is 1.00. The summed E-state index contributed by atoms with van der Waals surface area (Å²) in [6.45, 7) is 4.67. The van der Waals surface area contributed by atoms with Crippen LogP contribution in [-0.2, 0) is 0 Å². The van der Waals surface area contributed by atoms with Crippen LogP contribution in [0.15, 0.2) is 0 Å². The zero-order valence-corrected chi connectivity index (χ0v) is 9.56. The van der Waals surface area contributed by atoms with Gasteiger partial charge < -0.3 is 0 Å². The molecule has 3 atom stereocenters. The van der Waals surface area contributed by atoms with Gasteiger partial charge in [-0.3, -0.25) is 4.90 Å². The number of halogens is 1. The number of alkyl halides is 1. The summed E-state index contributed by atoms with van der Waals surface area (Å²) in [5.41, 5.74) is 1.22. The number of hydrogen-bond acceptors (Lipinski definition) is 1. The lowest BCUT2D eigenvalue weighted by Crippen LogP contribution is -2.37. The molecule has 2 spiro atoms. The smallest absolute Gasteiger partial charge is 0.108 e. The lowest BCUT2D eigenvalue weighted by Gasteiger charge is -2.30. The van der Waals surface area contributed by atoms with Gasteiger partial charge in [0.25, 0.3) is 0 Å². The third kappa shape index (κ3) is 0.974. The maximum Gasteiger partial charge on any atom is 0.108 e. The fourth-order valence-electron chi connectivity index (χ4n) is 4.56. The summed E-state index contributed by atoms with van der Waals surface area (Å²) in [4.78, 5) is 2.67. The van der Waals surface area contributed by atoms with Crippen molar-refractivity contribution in [2.75, 3.05) is 13.1 Å². The fourth-order valence-corrected chi connectivity index (χ4v) is 4.56. The Kier molecular flexibility index (Phi) is 1.36. The molecular weight excluding hydrogens is 189 g/mol. The molecule has 4 aliphatic rings. The Labute approximate surface area is 91.0 Å². The van der Waals surface area contributed by atoms with Crippen LogP contribution in [0.5, 0.6) is 0 Å². The van der Waals surface area contributed by atoms with E-state index in [1.54, 1.807) is 0 Å². The van der Waals surface area contributed by atoms with Crippen molar-refractivity contribution in [1.29, 1.82) is 0 Å². The van der Waals surface area contributed by atoms with Crippen LogP contribution in [0.2, 0.25) is 0 Å². The molecule has 0 aromatic rings. The molecule has 4 fully saturated rings. The lowest BCUT2D eigenvalue weighted by atomic mass is 9.82. The third-order valence-electron chi connectivity index (χ3n) is 5.79. The molecule has 0 aromatic heterocycles. The topological polar surface area (TPSA) is 3.24 Å². The van der Waals surface area contributed by atoms with Crippen molar-refractivity contribution in [3.8, 4) is 0 Å². The molecule has 84 valence electrons. The monoisotopic (exact) mass is 209 g/mol. The molecule has 2 saturated heterocycles. The van der Waals surface area contributed by atoms with E-state index in [4.69, 9.17) is 0 Å². The van der Waals surface area contributed by atoms with Gasteiger partial charge >= 0.3 is 0 Å². The van der Waals surface area contributed by atoms with Crippen molar-refractivity contribution in [3.05, 3.63) is 0 Å². The van der Waals surface area contributed by atoms with Crippen molar-refractivity contribution in [1.82, 2.24) is 4.90 Å². The quantitative estimate of drug-likeness (QED) is 0.642. The number of fused-ring (bicyclic) bond motifs is 1. The van der Waals surface area contributed by atoms with E-state index in [0.29, 0.717) is 11.0 Å². The van der Waals surface area contributed by atoms with Gasteiger partial charge in [-0.2, -0.15) is 0 Å². The summed E-state index contributed by atoms with van der Waals surface area (Å²) >= 11 is 0. The SMILES string of the molecule is CCC12CC3(CC3)CN1CC1(CC1F)C2. The standard InChI is InChI=1S/C13H20FN/c1-2-13-6-11(3-4-11)8-15(13)9-12(7-13)5-10(12)14/h10H,2-9H2,1H3. The Balaban J connectivity index is 1.65. The lowest BCUT2D eigenvalue weighted by molar-refractivity contribution is 0.189. The predicted molar refractivity (Wildman–Crippen MR) is 57.4 cm³/mol. The number of nitrogens with zero attached hydrogens (tertiary/aromatic N) is 1. The van der Waals surface area contributed by atoms with Crippen LogP contribution in [0.4, 0.5) is 4.39 Å². The van der Waals surface area contributed by atoms with E-state index in [1.807, 2.05) is 0 Å². The Hall–Kier alpha value is -0.110. The van der Waals surface area contributed by atoms with Gasteiger partial charge in [-0.25, -0.2) is 4.39 Å². The highest BCUT2D eigenvalue weighted by atomic mass is 19.1. The molecule has 0 aromatic carbocycles. The zero-order chi connectivity index (χ0) is 10.3. The van der Waals surface area contributed by atoms with Crippen LogP contribution in [0.25, 0.3) is 0 Å². The molecule has 0 amide bonds. The summed E-state index contributed by atoms with van der Waals surface area (Å²) < 4.78 is 13.5. The van der Waals surface area contributed by atoms with Gasteiger partial charge in [0.1, 0.15) is 6.17 Å². The molecule has 2 saturated carbocycles. The highest BCUT2D eigenvalue weighted by Gasteiger charge is 2.70. The maximum absolute atomic E-state index is 13.5. The Morgan fingerprint density at radius 3 is 2.47 bits per heavy atom. The first kappa shape index (κ1) is 8.98. The molecule has 4 rings (SSSR count). The van der Waals surface area contributed by atoms with Gasteiger partial charge in [0.05, 0.1) is 0 Å². The Bertz CT molecular complexity index is 324. The maximum atomic E-state index is 13.5. The molecule has 0 bridgehead atoms. The first-order valence-corrected chi connectivity index (χ1v) is 6.51. The van der Waals surface area contributed by atoms with Crippen molar-refractivity contribution < 1.29 is 4.39 Å². The average molecular weight is 209 g/mol. The minimum Gasteiger partial charge on any atom is -0.296 e. The highest BCUT2D eigenvalue weighted by molar-refractivity contribution is 5.22. The molecular formula is C13H20FN. The molecule has 2 aliphatic carbocycles. The van der Waals surface area contributed by atoms with E-state index in [-0.39, 0.29) is 5.41 Å². The summed E-state index contributed by atoms with van der Waals surface area (Å²) in [7, 11) is 0. The van der Waals surface area contributed by atoms with E-state index in [2.05, 4.69) is 11.8 Å².